The highest BCUT2D eigenvalue weighted by Gasteiger charge is 2.08. The Kier molecular flexibility index (Phi) is 3.44. The summed E-state index contributed by atoms with van der Waals surface area (Å²) < 4.78 is 4.67. The fourth-order valence-corrected chi connectivity index (χ4v) is 2.47. The molecular formula is C17H16N2O2. The summed E-state index contributed by atoms with van der Waals surface area (Å²) in [5.41, 5.74) is 2.75. The molecule has 0 bridgehead atoms. The number of aromatic nitrogens is 1. The quantitative estimate of drug-likeness (QED) is 0.591. The van der Waals surface area contributed by atoms with Gasteiger partial charge in [0.2, 0.25) is 0 Å². The van der Waals surface area contributed by atoms with E-state index in [1.165, 1.54) is 7.11 Å². The van der Waals surface area contributed by atoms with Crippen molar-refractivity contribution in [1.29, 1.82) is 0 Å². The number of aryl methyl sites for hydroxylation is 1. The van der Waals surface area contributed by atoms with Crippen LogP contribution in [0.4, 0.5) is 5.69 Å². The average molecular weight is 280 g/mol. The minimum atomic E-state index is -0.293. The van der Waals surface area contributed by atoms with E-state index in [1.54, 1.807) is 0 Å². The number of fused-ring (bicyclic) bond motifs is 3. The van der Waals surface area contributed by atoms with E-state index in [0.717, 1.165) is 33.1 Å². The van der Waals surface area contributed by atoms with Crippen LogP contribution in [0.2, 0.25) is 0 Å². The Morgan fingerprint density at radius 3 is 2.81 bits per heavy atom. The fraction of sp³-hybridized carbons (Fsp3) is 0.176. The number of rotatable bonds is 3. The van der Waals surface area contributed by atoms with Crippen LogP contribution in [0.1, 0.15) is 5.69 Å². The van der Waals surface area contributed by atoms with Gasteiger partial charge in [-0.1, -0.05) is 36.4 Å². The summed E-state index contributed by atoms with van der Waals surface area (Å²) >= 11 is 0. The second-order valence-electron chi connectivity index (χ2n) is 4.92. The predicted octanol–water partition coefficient (Wildman–Crippen LogP) is 3.28. The lowest BCUT2D eigenvalue weighted by Gasteiger charge is -2.11. The van der Waals surface area contributed by atoms with Crippen LogP contribution in [-0.2, 0) is 9.53 Å². The number of nitrogens with one attached hydrogen (secondary N) is 1. The van der Waals surface area contributed by atoms with Crippen molar-refractivity contribution < 1.29 is 9.53 Å². The molecule has 3 rings (SSSR count). The number of methoxy groups -OCH3 is 1. The summed E-state index contributed by atoms with van der Waals surface area (Å²) in [6.07, 6.45) is 0. The molecule has 4 heteroatoms. The van der Waals surface area contributed by atoms with Gasteiger partial charge in [-0.2, -0.15) is 0 Å². The zero-order chi connectivity index (χ0) is 14.8. The van der Waals surface area contributed by atoms with E-state index in [-0.39, 0.29) is 12.5 Å². The molecule has 0 fully saturated rings. The SMILES string of the molecule is COC(=O)CNc1cc(C)nc2c1ccc1ccccc12. The molecule has 0 aliphatic rings. The van der Waals surface area contributed by atoms with Gasteiger partial charge in [0, 0.05) is 22.2 Å². The topological polar surface area (TPSA) is 51.2 Å². The molecule has 1 aromatic heterocycles. The maximum Gasteiger partial charge on any atom is 0.325 e. The van der Waals surface area contributed by atoms with Gasteiger partial charge < -0.3 is 10.1 Å². The van der Waals surface area contributed by atoms with E-state index in [2.05, 4.69) is 33.2 Å². The summed E-state index contributed by atoms with van der Waals surface area (Å²) in [5.74, 6) is -0.293. The largest absolute Gasteiger partial charge is 0.468 e. The zero-order valence-electron chi connectivity index (χ0n) is 12.0. The van der Waals surface area contributed by atoms with E-state index in [1.807, 2.05) is 31.2 Å². The Hall–Kier alpha value is -2.62. The summed E-state index contributed by atoms with van der Waals surface area (Å²) in [5, 5.41) is 6.40. The van der Waals surface area contributed by atoms with Gasteiger partial charge in [-0.15, -0.1) is 0 Å². The second-order valence-corrected chi connectivity index (χ2v) is 4.92. The molecule has 0 aliphatic heterocycles. The predicted molar refractivity (Wildman–Crippen MR) is 84.5 cm³/mol. The van der Waals surface area contributed by atoms with Crippen molar-refractivity contribution in [2.24, 2.45) is 0 Å². The molecule has 0 unspecified atom stereocenters. The standard InChI is InChI=1S/C17H16N2O2/c1-11-9-15(18-10-16(20)21-2)14-8-7-12-5-3-4-6-13(12)17(14)19-11/h3-9H,10H2,1-2H3,(H,18,19). The third-order valence-corrected chi connectivity index (χ3v) is 3.48. The molecule has 0 atom stereocenters. The van der Waals surface area contributed by atoms with Crippen molar-refractivity contribution in [2.45, 2.75) is 6.92 Å². The van der Waals surface area contributed by atoms with Gasteiger partial charge in [0.15, 0.2) is 0 Å². The normalized spacial score (nSPS) is 10.8. The van der Waals surface area contributed by atoms with Crippen molar-refractivity contribution in [2.75, 3.05) is 19.0 Å². The number of ether oxygens (including phenoxy) is 1. The summed E-state index contributed by atoms with van der Waals surface area (Å²) in [6, 6.07) is 14.2. The van der Waals surface area contributed by atoms with Crippen LogP contribution in [0.15, 0.2) is 42.5 Å². The smallest absolute Gasteiger partial charge is 0.325 e. The Morgan fingerprint density at radius 2 is 2.00 bits per heavy atom. The molecule has 21 heavy (non-hydrogen) atoms. The van der Waals surface area contributed by atoms with Gasteiger partial charge in [0.25, 0.3) is 0 Å². The summed E-state index contributed by atoms with van der Waals surface area (Å²) in [6.45, 7) is 2.09. The number of benzene rings is 2. The number of carbonyl (C=O) groups excluding carboxylic acids is 1. The average Bonchev–Trinajstić information content (AvgIpc) is 2.52. The Balaban J connectivity index is 2.16. The number of anilines is 1. The molecule has 0 spiro atoms. The molecular weight excluding hydrogens is 264 g/mol. The monoisotopic (exact) mass is 280 g/mol. The first-order valence-corrected chi connectivity index (χ1v) is 6.79. The molecule has 106 valence electrons. The maximum atomic E-state index is 11.3. The number of hydrogen-bond donors (Lipinski definition) is 1. The Bertz CT molecular complexity index is 827. The lowest BCUT2D eigenvalue weighted by Crippen LogP contribution is -2.15. The minimum Gasteiger partial charge on any atom is -0.468 e. The zero-order valence-corrected chi connectivity index (χ0v) is 12.0. The first-order chi connectivity index (χ1) is 10.2. The van der Waals surface area contributed by atoms with Crippen LogP contribution < -0.4 is 5.32 Å². The molecule has 3 aromatic rings. The number of esters is 1. The van der Waals surface area contributed by atoms with Gasteiger partial charge in [0.05, 0.1) is 12.6 Å². The highest BCUT2D eigenvalue weighted by molar-refractivity contribution is 6.09. The number of nitrogens with zero attached hydrogens (tertiary/aromatic N) is 1. The van der Waals surface area contributed by atoms with Gasteiger partial charge in [-0.3, -0.25) is 9.78 Å². The third kappa shape index (κ3) is 2.52. The summed E-state index contributed by atoms with van der Waals surface area (Å²) in [4.78, 5) is 16.0. The summed E-state index contributed by atoms with van der Waals surface area (Å²) in [7, 11) is 1.38. The van der Waals surface area contributed by atoms with E-state index >= 15 is 0 Å². The minimum absolute atomic E-state index is 0.141. The highest BCUT2D eigenvalue weighted by atomic mass is 16.5. The maximum absolute atomic E-state index is 11.3. The van der Waals surface area contributed by atoms with Crippen LogP contribution in [0.25, 0.3) is 21.7 Å². The molecule has 0 saturated carbocycles. The van der Waals surface area contributed by atoms with Crippen molar-refractivity contribution in [3.63, 3.8) is 0 Å². The molecule has 0 radical (unpaired) electrons. The molecule has 4 nitrogen and oxygen atoms in total. The van der Waals surface area contributed by atoms with E-state index < -0.39 is 0 Å². The van der Waals surface area contributed by atoms with Crippen molar-refractivity contribution in [1.82, 2.24) is 4.98 Å². The van der Waals surface area contributed by atoms with E-state index in [9.17, 15) is 4.79 Å². The third-order valence-electron chi connectivity index (χ3n) is 3.48. The first-order valence-electron chi connectivity index (χ1n) is 6.79. The lowest BCUT2D eigenvalue weighted by molar-refractivity contribution is -0.138. The number of pyridine rings is 1. The molecule has 0 amide bonds. The van der Waals surface area contributed by atoms with E-state index in [4.69, 9.17) is 0 Å². The van der Waals surface area contributed by atoms with Crippen LogP contribution in [0.5, 0.6) is 0 Å². The van der Waals surface area contributed by atoms with Gasteiger partial charge in [-0.25, -0.2) is 0 Å². The molecule has 0 saturated heterocycles. The van der Waals surface area contributed by atoms with Gasteiger partial charge in [-0.05, 0) is 18.4 Å². The van der Waals surface area contributed by atoms with Crippen molar-refractivity contribution in [3.05, 3.63) is 48.2 Å². The van der Waals surface area contributed by atoms with Crippen molar-refractivity contribution >= 4 is 33.3 Å². The molecule has 1 N–H and O–H groups in total. The number of carbonyl (C=O) groups is 1. The van der Waals surface area contributed by atoms with E-state index in [0.29, 0.717) is 0 Å². The Labute approximate surface area is 122 Å². The Morgan fingerprint density at radius 1 is 1.19 bits per heavy atom. The van der Waals surface area contributed by atoms with Crippen LogP contribution in [0, 0.1) is 6.92 Å². The number of hydrogen-bond acceptors (Lipinski definition) is 4. The fourth-order valence-electron chi connectivity index (χ4n) is 2.47. The second kappa shape index (κ2) is 5.40. The lowest BCUT2D eigenvalue weighted by atomic mass is 10.0. The van der Waals surface area contributed by atoms with Gasteiger partial charge in [0.1, 0.15) is 6.54 Å². The van der Waals surface area contributed by atoms with Crippen LogP contribution in [-0.4, -0.2) is 24.6 Å². The molecule has 2 aromatic carbocycles. The molecule has 0 aliphatic carbocycles. The first kappa shape index (κ1) is 13.4. The highest BCUT2D eigenvalue weighted by Crippen LogP contribution is 2.29. The van der Waals surface area contributed by atoms with Crippen molar-refractivity contribution in [3.8, 4) is 0 Å². The van der Waals surface area contributed by atoms with Crippen LogP contribution in [0.3, 0.4) is 0 Å². The van der Waals surface area contributed by atoms with Crippen LogP contribution >= 0.6 is 0 Å². The molecule has 1 heterocycles. The van der Waals surface area contributed by atoms with Gasteiger partial charge >= 0.3 is 5.97 Å².